The Kier molecular flexibility index (Phi) is 3.42. The molecule has 0 amide bonds. The summed E-state index contributed by atoms with van der Waals surface area (Å²) in [6.45, 7) is 0.810. The number of rotatable bonds is 5. The van der Waals surface area contributed by atoms with Crippen LogP contribution in [-0.2, 0) is 13.0 Å². The average Bonchev–Trinajstić information content (AvgIpc) is 3.21. The number of aromatic nitrogens is 3. The van der Waals surface area contributed by atoms with Crippen molar-refractivity contribution in [3.05, 3.63) is 40.9 Å². The van der Waals surface area contributed by atoms with Crippen LogP contribution in [0.15, 0.2) is 24.3 Å². The van der Waals surface area contributed by atoms with Crippen molar-refractivity contribution in [3.8, 4) is 5.75 Å². The standard InChI is InChI=1S/C14H16ClN3O/c1-19-12-4-2-3-10(9-12)7-8-18-13(11-5-6-11)16-17-14(18)15/h2-4,9,11H,5-8H2,1H3. The molecule has 100 valence electrons. The van der Waals surface area contributed by atoms with Crippen LogP contribution in [-0.4, -0.2) is 21.9 Å². The highest BCUT2D eigenvalue weighted by Crippen LogP contribution is 2.39. The number of benzene rings is 1. The highest BCUT2D eigenvalue weighted by molar-refractivity contribution is 6.28. The summed E-state index contributed by atoms with van der Waals surface area (Å²) in [4.78, 5) is 0. The minimum absolute atomic E-state index is 0.491. The van der Waals surface area contributed by atoms with Crippen LogP contribution in [0.3, 0.4) is 0 Å². The lowest BCUT2D eigenvalue weighted by Gasteiger charge is -2.08. The fourth-order valence-corrected chi connectivity index (χ4v) is 2.42. The Bertz CT molecular complexity index is 578. The van der Waals surface area contributed by atoms with Crippen molar-refractivity contribution in [2.75, 3.05) is 7.11 Å². The minimum Gasteiger partial charge on any atom is -0.497 e. The maximum Gasteiger partial charge on any atom is 0.225 e. The molecule has 0 N–H and O–H groups in total. The van der Waals surface area contributed by atoms with E-state index in [4.69, 9.17) is 16.3 Å². The highest BCUT2D eigenvalue weighted by Gasteiger charge is 2.29. The quantitative estimate of drug-likeness (QED) is 0.843. The molecule has 1 heterocycles. The van der Waals surface area contributed by atoms with Gasteiger partial charge in [0.05, 0.1) is 7.11 Å². The van der Waals surface area contributed by atoms with Crippen molar-refractivity contribution in [1.29, 1.82) is 0 Å². The monoisotopic (exact) mass is 277 g/mol. The van der Waals surface area contributed by atoms with Gasteiger partial charge in [0.2, 0.25) is 5.28 Å². The van der Waals surface area contributed by atoms with Crippen LogP contribution in [0.1, 0.15) is 30.1 Å². The summed E-state index contributed by atoms with van der Waals surface area (Å²) in [5.74, 6) is 2.48. The molecule has 2 aromatic rings. The summed E-state index contributed by atoms with van der Waals surface area (Å²) in [5, 5.41) is 8.65. The lowest BCUT2D eigenvalue weighted by molar-refractivity contribution is 0.414. The van der Waals surface area contributed by atoms with Gasteiger partial charge in [0.15, 0.2) is 0 Å². The first-order valence-electron chi connectivity index (χ1n) is 6.49. The van der Waals surface area contributed by atoms with Crippen LogP contribution >= 0.6 is 11.6 Å². The second-order valence-electron chi connectivity index (χ2n) is 4.85. The van der Waals surface area contributed by atoms with Gasteiger partial charge in [-0.15, -0.1) is 10.2 Å². The smallest absolute Gasteiger partial charge is 0.225 e. The maximum atomic E-state index is 6.11. The lowest BCUT2D eigenvalue weighted by Crippen LogP contribution is -2.06. The van der Waals surface area contributed by atoms with E-state index in [0.29, 0.717) is 11.2 Å². The molecular formula is C14H16ClN3O. The van der Waals surface area contributed by atoms with Gasteiger partial charge in [-0.25, -0.2) is 0 Å². The zero-order valence-corrected chi connectivity index (χ0v) is 11.6. The number of halogens is 1. The third kappa shape index (κ3) is 2.73. The first kappa shape index (κ1) is 12.5. The molecule has 1 aliphatic carbocycles. The molecule has 1 aliphatic rings. The topological polar surface area (TPSA) is 39.9 Å². The van der Waals surface area contributed by atoms with Gasteiger partial charge >= 0.3 is 0 Å². The molecule has 4 nitrogen and oxygen atoms in total. The van der Waals surface area contributed by atoms with E-state index in [0.717, 1.165) is 24.5 Å². The maximum absolute atomic E-state index is 6.11. The van der Waals surface area contributed by atoms with Gasteiger partial charge < -0.3 is 9.30 Å². The number of methoxy groups -OCH3 is 1. The number of nitrogens with zero attached hydrogens (tertiary/aromatic N) is 3. The van der Waals surface area contributed by atoms with Gasteiger partial charge in [0.1, 0.15) is 11.6 Å². The Morgan fingerprint density at radius 3 is 2.95 bits per heavy atom. The summed E-state index contributed by atoms with van der Waals surface area (Å²) in [6.07, 6.45) is 3.30. The van der Waals surface area contributed by atoms with Gasteiger partial charge in [0, 0.05) is 12.5 Å². The van der Waals surface area contributed by atoms with Gasteiger partial charge in [-0.1, -0.05) is 12.1 Å². The molecule has 1 saturated carbocycles. The molecule has 0 atom stereocenters. The van der Waals surface area contributed by atoms with E-state index in [2.05, 4.69) is 22.3 Å². The molecule has 0 bridgehead atoms. The number of hydrogen-bond donors (Lipinski definition) is 0. The number of hydrogen-bond acceptors (Lipinski definition) is 3. The van der Waals surface area contributed by atoms with Crippen LogP contribution in [0.25, 0.3) is 0 Å². The molecule has 0 spiro atoms. The lowest BCUT2D eigenvalue weighted by atomic mass is 10.1. The second-order valence-corrected chi connectivity index (χ2v) is 5.19. The van der Waals surface area contributed by atoms with E-state index in [1.54, 1.807) is 7.11 Å². The van der Waals surface area contributed by atoms with Crippen LogP contribution in [0.4, 0.5) is 0 Å². The molecule has 3 rings (SSSR count). The molecule has 1 fully saturated rings. The summed E-state index contributed by atoms with van der Waals surface area (Å²) in [6, 6.07) is 8.10. The van der Waals surface area contributed by atoms with Crippen molar-refractivity contribution in [2.45, 2.75) is 31.7 Å². The van der Waals surface area contributed by atoms with Crippen molar-refractivity contribution >= 4 is 11.6 Å². The SMILES string of the molecule is COc1cccc(CCn2c(Cl)nnc2C2CC2)c1. The second kappa shape index (κ2) is 5.21. The molecule has 19 heavy (non-hydrogen) atoms. The highest BCUT2D eigenvalue weighted by atomic mass is 35.5. The average molecular weight is 278 g/mol. The first-order chi connectivity index (χ1) is 9.28. The summed E-state index contributed by atoms with van der Waals surface area (Å²) < 4.78 is 7.26. The zero-order chi connectivity index (χ0) is 13.2. The Hall–Kier alpha value is -1.55. The fourth-order valence-electron chi connectivity index (χ4n) is 2.21. The van der Waals surface area contributed by atoms with Crippen LogP contribution < -0.4 is 4.74 Å². The fraction of sp³-hybridized carbons (Fsp3) is 0.429. The van der Waals surface area contributed by atoms with Gasteiger partial charge in [-0.3, -0.25) is 0 Å². The summed E-state index contributed by atoms with van der Waals surface area (Å²) >= 11 is 6.11. The molecule has 0 saturated heterocycles. The molecule has 5 heteroatoms. The molecule has 1 aromatic heterocycles. The molecule has 0 aliphatic heterocycles. The van der Waals surface area contributed by atoms with E-state index in [1.165, 1.54) is 18.4 Å². The molecule has 0 radical (unpaired) electrons. The first-order valence-corrected chi connectivity index (χ1v) is 6.87. The van der Waals surface area contributed by atoms with Crippen LogP contribution in [0.2, 0.25) is 5.28 Å². The van der Waals surface area contributed by atoms with Crippen molar-refractivity contribution in [2.24, 2.45) is 0 Å². The normalized spacial score (nSPS) is 14.6. The zero-order valence-electron chi connectivity index (χ0n) is 10.8. The largest absolute Gasteiger partial charge is 0.497 e. The van der Waals surface area contributed by atoms with Crippen LogP contribution in [0, 0.1) is 0 Å². The third-order valence-electron chi connectivity index (χ3n) is 3.43. The van der Waals surface area contributed by atoms with Crippen molar-refractivity contribution < 1.29 is 4.74 Å². The Balaban J connectivity index is 1.73. The molecule has 1 aromatic carbocycles. The van der Waals surface area contributed by atoms with Gasteiger partial charge in [-0.2, -0.15) is 0 Å². The summed E-state index contributed by atoms with van der Waals surface area (Å²) in [7, 11) is 1.68. The Morgan fingerprint density at radius 2 is 2.21 bits per heavy atom. The Labute approximate surface area is 117 Å². The minimum atomic E-state index is 0.491. The Morgan fingerprint density at radius 1 is 1.37 bits per heavy atom. The van der Waals surface area contributed by atoms with Crippen molar-refractivity contribution in [1.82, 2.24) is 14.8 Å². The molecule has 0 unspecified atom stereocenters. The van der Waals surface area contributed by atoms with Crippen LogP contribution in [0.5, 0.6) is 5.75 Å². The number of aryl methyl sites for hydroxylation is 1. The predicted molar refractivity (Wildman–Crippen MR) is 73.7 cm³/mol. The van der Waals surface area contributed by atoms with E-state index in [-0.39, 0.29) is 0 Å². The van der Waals surface area contributed by atoms with E-state index < -0.39 is 0 Å². The van der Waals surface area contributed by atoms with Gasteiger partial charge in [0.25, 0.3) is 0 Å². The van der Waals surface area contributed by atoms with Crippen molar-refractivity contribution in [3.63, 3.8) is 0 Å². The summed E-state index contributed by atoms with van der Waals surface area (Å²) in [5.41, 5.74) is 1.23. The third-order valence-corrected chi connectivity index (χ3v) is 3.71. The number of ether oxygens (including phenoxy) is 1. The van der Waals surface area contributed by atoms with E-state index >= 15 is 0 Å². The molecular weight excluding hydrogens is 262 g/mol. The van der Waals surface area contributed by atoms with E-state index in [1.807, 2.05) is 16.7 Å². The van der Waals surface area contributed by atoms with Gasteiger partial charge in [-0.05, 0) is 48.6 Å². The predicted octanol–water partition coefficient (Wildman–Crippen LogP) is 3.06. The van der Waals surface area contributed by atoms with E-state index in [9.17, 15) is 0 Å².